The Morgan fingerprint density at radius 3 is 2.96 bits per heavy atom. The average Bonchev–Trinajstić information content (AvgIpc) is 3.18. The fraction of sp³-hybridized carbons (Fsp3) is 0.381. The third kappa shape index (κ3) is 4.77. The molecule has 1 heterocycles. The Bertz CT molecular complexity index is 757. The highest BCUT2D eigenvalue weighted by molar-refractivity contribution is 6.31. The van der Waals surface area contributed by atoms with Gasteiger partial charge in [0.15, 0.2) is 0 Å². The predicted molar refractivity (Wildman–Crippen MR) is 104 cm³/mol. The standard InChI is InChI=1S/C21H24ClNO3/c1-25-20-8-7-18(22)13-19(20)16-5-2-6-17(12-16)21(24)23-10-3-4-15-9-11-26-14-15/h2,5-8,12-13,15H,3-4,9-11,14H2,1H3,(H,23,24)/t15-/m0/s1. The van der Waals surface area contributed by atoms with Gasteiger partial charge in [-0.2, -0.15) is 0 Å². The molecule has 1 fully saturated rings. The number of ether oxygens (including phenoxy) is 2. The van der Waals surface area contributed by atoms with Crippen LogP contribution in [0.2, 0.25) is 5.02 Å². The van der Waals surface area contributed by atoms with Gasteiger partial charge in [0, 0.05) is 35.9 Å². The van der Waals surface area contributed by atoms with E-state index in [-0.39, 0.29) is 5.91 Å². The Kier molecular flexibility index (Phi) is 6.53. The molecular weight excluding hydrogens is 350 g/mol. The number of carbonyl (C=O) groups excluding carboxylic acids is 1. The van der Waals surface area contributed by atoms with Gasteiger partial charge in [-0.3, -0.25) is 4.79 Å². The number of nitrogens with one attached hydrogen (secondary N) is 1. The maximum absolute atomic E-state index is 12.5. The van der Waals surface area contributed by atoms with Gasteiger partial charge in [0.1, 0.15) is 5.75 Å². The molecule has 0 radical (unpaired) electrons. The highest BCUT2D eigenvalue weighted by Gasteiger charge is 2.15. The number of hydrogen-bond donors (Lipinski definition) is 1. The minimum Gasteiger partial charge on any atom is -0.496 e. The molecule has 0 spiro atoms. The fourth-order valence-corrected chi connectivity index (χ4v) is 3.41. The lowest BCUT2D eigenvalue weighted by molar-refractivity contribution is 0.0952. The first-order valence-corrected chi connectivity index (χ1v) is 9.35. The second kappa shape index (κ2) is 9.06. The van der Waals surface area contributed by atoms with Crippen LogP contribution in [0.4, 0.5) is 0 Å². The van der Waals surface area contributed by atoms with Crippen molar-refractivity contribution in [2.45, 2.75) is 19.3 Å². The summed E-state index contributed by atoms with van der Waals surface area (Å²) in [6.45, 7) is 2.41. The zero-order valence-corrected chi connectivity index (χ0v) is 15.7. The van der Waals surface area contributed by atoms with E-state index in [1.165, 1.54) is 0 Å². The molecule has 0 unspecified atom stereocenters. The van der Waals surface area contributed by atoms with E-state index < -0.39 is 0 Å². The summed E-state index contributed by atoms with van der Waals surface area (Å²) in [4.78, 5) is 12.5. The van der Waals surface area contributed by atoms with Crippen molar-refractivity contribution in [3.63, 3.8) is 0 Å². The summed E-state index contributed by atoms with van der Waals surface area (Å²) >= 11 is 6.12. The maximum Gasteiger partial charge on any atom is 0.251 e. The third-order valence-electron chi connectivity index (χ3n) is 4.70. The zero-order chi connectivity index (χ0) is 18.4. The van der Waals surface area contributed by atoms with Crippen molar-refractivity contribution in [3.8, 4) is 16.9 Å². The largest absolute Gasteiger partial charge is 0.496 e. The van der Waals surface area contributed by atoms with E-state index in [1.807, 2.05) is 36.4 Å². The summed E-state index contributed by atoms with van der Waals surface area (Å²) in [7, 11) is 1.62. The highest BCUT2D eigenvalue weighted by atomic mass is 35.5. The number of carbonyl (C=O) groups is 1. The van der Waals surface area contributed by atoms with Gasteiger partial charge in [-0.25, -0.2) is 0 Å². The molecule has 138 valence electrons. The van der Waals surface area contributed by atoms with Crippen LogP contribution in [0, 0.1) is 5.92 Å². The smallest absolute Gasteiger partial charge is 0.251 e. The van der Waals surface area contributed by atoms with Gasteiger partial charge >= 0.3 is 0 Å². The molecule has 26 heavy (non-hydrogen) atoms. The second-order valence-corrected chi connectivity index (χ2v) is 6.99. The molecule has 3 rings (SSSR count). The number of benzene rings is 2. The zero-order valence-electron chi connectivity index (χ0n) is 15.0. The summed E-state index contributed by atoms with van der Waals surface area (Å²) in [5.41, 5.74) is 2.41. The van der Waals surface area contributed by atoms with Gasteiger partial charge < -0.3 is 14.8 Å². The normalized spacial score (nSPS) is 16.5. The Hall–Kier alpha value is -2.04. The van der Waals surface area contributed by atoms with Crippen molar-refractivity contribution >= 4 is 17.5 Å². The molecule has 1 saturated heterocycles. The van der Waals surface area contributed by atoms with Crippen molar-refractivity contribution in [1.82, 2.24) is 5.32 Å². The van der Waals surface area contributed by atoms with E-state index >= 15 is 0 Å². The first-order valence-electron chi connectivity index (χ1n) is 8.97. The molecule has 1 aliphatic rings. The molecule has 2 aromatic rings. The predicted octanol–water partition coefficient (Wildman–Crippen LogP) is 4.56. The summed E-state index contributed by atoms with van der Waals surface area (Å²) in [5.74, 6) is 1.31. The molecule has 4 nitrogen and oxygen atoms in total. The summed E-state index contributed by atoms with van der Waals surface area (Å²) < 4.78 is 10.8. The molecule has 0 bridgehead atoms. The molecule has 0 saturated carbocycles. The highest BCUT2D eigenvalue weighted by Crippen LogP contribution is 2.32. The summed E-state index contributed by atoms with van der Waals surface area (Å²) in [5, 5.41) is 3.64. The topological polar surface area (TPSA) is 47.6 Å². The molecule has 2 aromatic carbocycles. The Balaban J connectivity index is 1.63. The van der Waals surface area contributed by atoms with Gasteiger partial charge in [-0.1, -0.05) is 23.7 Å². The average molecular weight is 374 g/mol. The van der Waals surface area contributed by atoms with Crippen molar-refractivity contribution in [2.24, 2.45) is 5.92 Å². The molecule has 0 aliphatic carbocycles. The Morgan fingerprint density at radius 2 is 2.19 bits per heavy atom. The van der Waals surface area contributed by atoms with E-state index in [4.69, 9.17) is 21.1 Å². The first kappa shape index (κ1) is 18.7. The molecule has 1 N–H and O–H groups in total. The van der Waals surface area contributed by atoms with Crippen molar-refractivity contribution < 1.29 is 14.3 Å². The van der Waals surface area contributed by atoms with Crippen LogP contribution >= 0.6 is 11.6 Å². The van der Waals surface area contributed by atoms with Gasteiger partial charge in [0.25, 0.3) is 5.91 Å². The number of methoxy groups -OCH3 is 1. The quantitative estimate of drug-likeness (QED) is 0.723. The van der Waals surface area contributed by atoms with Gasteiger partial charge in [0.2, 0.25) is 0 Å². The van der Waals surface area contributed by atoms with Crippen LogP contribution in [0.15, 0.2) is 42.5 Å². The Morgan fingerprint density at radius 1 is 1.31 bits per heavy atom. The minimum atomic E-state index is -0.0597. The maximum atomic E-state index is 12.5. The van der Waals surface area contributed by atoms with Crippen LogP contribution in [0.1, 0.15) is 29.6 Å². The third-order valence-corrected chi connectivity index (χ3v) is 4.93. The van der Waals surface area contributed by atoms with Crippen molar-refractivity contribution in [1.29, 1.82) is 0 Å². The second-order valence-electron chi connectivity index (χ2n) is 6.55. The van der Waals surface area contributed by atoms with E-state index in [1.54, 1.807) is 13.2 Å². The van der Waals surface area contributed by atoms with Crippen LogP contribution in [-0.4, -0.2) is 32.8 Å². The van der Waals surface area contributed by atoms with Crippen LogP contribution in [-0.2, 0) is 4.74 Å². The molecule has 0 aromatic heterocycles. The Labute approximate surface area is 159 Å². The van der Waals surface area contributed by atoms with E-state index in [9.17, 15) is 4.79 Å². The summed E-state index contributed by atoms with van der Waals surface area (Å²) in [6, 6.07) is 13.0. The van der Waals surface area contributed by atoms with Crippen LogP contribution in [0.3, 0.4) is 0 Å². The lowest BCUT2D eigenvalue weighted by Gasteiger charge is -2.11. The van der Waals surface area contributed by atoms with Gasteiger partial charge in [-0.05, 0) is 61.1 Å². The van der Waals surface area contributed by atoms with E-state index in [2.05, 4.69) is 5.32 Å². The molecular formula is C21H24ClNO3. The fourth-order valence-electron chi connectivity index (χ4n) is 3.24. The molecule has 1 atom stereocenters. The van der Waals surface area contributed by atoms with Gasteiger partial charge in [-0.15, -0.1) is 0 Å². The summed E-state index contributed by atoms with van der Waals surface area (Å²) in [6.07, 6.45) is 3.21. The van der Waals surface area contributed by atoms with Crippen LogP contribution in [0.5, 0.6) is 5.75 Å². The van der Waals surface area contributed by atoms with E-state index in [0.717, 1.165) is 49.4 Å². The SMILES string of the molecule is COc1ccc(Cl)cc1-c1cccc(C(=O)NCCC[C@H]2CCOC2)c1. The number of halogens is 1. The first-order chi connectivity index (χ1) is 12.7. The van der Waals surface area contributed by atoms with Crippen molar-refractivity contribution in [2.75, 3.05) is 26.9 Å². The molecule has 1 amide bonds. The van der Waals surface area contributed by atoms with Gasteiger partial charge in [0.05, 0.1) is 7.11 Å². The van der Waals surface area contributed by atoms with Crippen LogP contribution < -0.4 is 10.1 Å². The number of amides is 1. The molecule has 1 aliphatic heterocycles. The lowest BCUT2D eigenvalue weighted by Crippen LogP contribution is -2.24. The number of hydrogen-bond acceptors (Lipinski definition) is 3. The number of rotatable bonds is 7. The lowest BCUT2D eigenvalue weighted by atomic mass is 10.0. The van der Waals surface area contributed by atoms with Crippen LogP contribution in [0.25, 0.3) is 11.1 Å². The van der Waals surface area contributed by atoms with E-state index in [0.29, 0.717) is 23.0 Å². The minimum absolute atomic E-state index is 0.0597. The van der Waals surface area contributed by atoms with Crippen molar-refractivity contribution in [3.05, 3.63) is 53.1 Å². The monoisotopic (exact) mass is 373 g/mol. The molecule has 5 heteroatoms.